The molecule has 3 rings (SSSR count). The van der Waals surface area contributed by atoms with Gasteiger partial charge in [0, 0.05) is 31.2 Å². The van der Waals surface area contributed by atoms with Crippen molar-refractivity contribution in [1.82, 2.24) is 4.98 Å². The lowest BCUT2D eigenvalue weighted by molar-refractivity contribution is -0.124. The molecular formula is C27H36N2O6. The molecule has 2 unspecified atom stereocenters. The first-order valence-corrected chi connectivity index (χ1v) is 12.0. The van der Waals surface area contributed by atoms with E-state index >= 15 is 0 Å². The van der Waals surface area contributed by atoms with E-state index in [2.05, 4.69) is 10.3 Å². The standard InChI is InChI=1S/C27H36N2O6/c1-27(2,3)35-26(32)29-23-16-19(33-4)13-14-20(23)21(24(30)17-9-6-7-10-17)15-18-11-8-12-22(28-18)25(31)34-5/h8,11-14,16-17,21,25,31H,6-7,9-10,15H2,1-5H3,(H,29,32). The van der Waals surface area contributed by atoms with Gasteiger partial charge in [-0.25, -0.2) is 4.79 Å². The predicted molar refractivity (Wildman–Crippen MR) is 132 cm³/mol. The number of nitrogens with zero attached hydrogens (tertiary/aromatic N) is 1. The van der Waals surface area contributed by atoms with Crippen LogP contribution in [0.2, 0.25) is 0 Å². The summed E-state index contributed by atoms with van der Waals surface area (Å²) in [5.74, 6) is 0.0928. The minimum absolute atomic E-state index is 0.0378. The van der Waals surface area contributed by atoms with Gasteiger partial charge >= 0.3 is 6.09 Å². The van der Waals surface area contributed by atoms with Crippen LogP contribution in [0.4, 0.5) is 10.5 Å². The number of anilines is 1. The molecule has 0 bridgehead atoms. The maximum absolute atomic E-state index is 13.8. The molecule has 35 heavy (non-hydrogen) atoms. The SMILES string of the molecule is COc1ccc(C(Cc2cccc(C(O)OC)n2)C(=O)C2CCCC2)c(NC(=O)OC(C)(C)C)c1. The van der Waals surface area contributed by atoms with Gasteiger partial charge in [-0.05, 0) is 57.4 Å². The quantitative estimate of drug-likeness (QED) is 0.473. The van der Waals surface area contributed by atoms with Crippen molar-refractivity contribution in [3.05, 3.63) is 53.3 Å². The van der Waals surface area contributed by atoms with Gasteiger partial charge in [0.25, 0.3) is 0 Å². The number of hydrogen-bond donors (Lipinski definition) is 2. The van der Waals surface area contributed by atoms with E-state index in [4.69, 9.17) is 14.2 Å². The van der Waals surface area contributed by atoms with Crippen LogP contribution in [-0.4, -0.2) is 41.8 Å². The van der Waals surface area contributed by atoms with Crippen LogP contribution in [0.1, 0.15) is 75.6 Å². The first-order chi connectivity index (χ1) is 16.6. The molecule has 1 aromatic heterocycles. The molecule has 1 heterocycles. The van der Waals surface area contributed by atoms with Crippen molar-refractivity contribution in [3.8, 4) is 5.75 Å². The van der Waals surface area contributed by atoms with E-state index in [0.29, 0.717) is 34.8 Å². The summed E-state index contributed by atoms with van der Waals surface area (Å²) in [5.41, 5.74) is 1.48. The van der Waals surface area contributed by atoms with Gasteiger partial charge < -0.3 is 19.3 Å². The van der Waals surface area contributed by atoms with Gasteiger partial charge in [-0.15, -0.1) is 0 Å². The number of amides is 1. The number of methoxy groups -OCH3 is 2. The van der Waals surface area contributed by atoms with Crippen LogP contribution in [0, 0.1) is 5.92 Å². The van der Waals surface area contributed by atoms with Crippen LogP contribution < -0.4 is 10.1 Å². The van der Waals surface area contributed by atoms with E-state index in [1.807, 2.05) is 12.1 Å². The lowest BCUT2D eigenvalue weighted by Gasteiger charge is -2.25. The molecule has 190 valence electrons. The Balaban J connectivity index is 2.01. The van der Waals surface area contributed by atoms with Crippen molar-refractivity contribution in [2.45, 2.75) is 70.7 Å². The van der Waals surface area contributed by atoms with Gasteiger partial charge in [0.15, 0.2) is 6.29 Å². The summed E-state index contributed by atoms with van der Waals surface area (Å²) in [6.07, 6.45) is 2.33. The molecule has 0 saturated heterocycles. The van der Waals surface area contributed by atoms with Gasteiger partial charge in [-0.2, -0.15) is 0 Å². The first-order valence-electron chi connectivity index (χ1n) is 12.0. The predicted octanol–water partition coefficient (Wildman–Crippen LogP) is 5.16. The first kappa shape index (κ1) is 26.6. The van der Waals surface area contributed by atoms with E-state index in [0.717, 1.165) is 25.7 Å². The summed E-state index contributed by atoms with van der Waals surface area (Å²) < 4.78 is 15.8. The Kier molecular flexibility index (Phi) is 8.86. The smallest absolute Gasteiger partial charge is 0.412 e. The summed E-state index contributed by atoms with van der Waals surface area (Å²) in [5, 5.41) is 12.9. The molecule has 0 radical (unpaired) electrons. The zero-order valence-corrected chi connectivity index (χ0v) is 21.2. The van der Waals surface area contributed by atoms with E-state index in [1.165, 1.54) is 7.11 Å². The van der Waals surface area contributed by atoms with Crippen molar-refractivity contribution in [2.75, 3.05) is 19.5 Å². The number of benzene rings is 1. The molecule has 1 aromatic carbocycles. The average Bonchev–Trinajstić information content (AvgIpc) is 3.36. The second kappa shape index (κ2) is 11.6. The van der Waals surface area contributed by atoms with Crippen LogP contribution in [0.15, 0.2) is 36.4 Å². The second-order valence-electron chi connectivity index (χ2n) is 9.86. The fraction of sp³-hybridized carbons (Fsp3) is 0.519. The van der Waals surface area contributed by atoms with E-state index in [1.54, 1.807) is 52.1 Å². The zero-order chi connectivity index (χ0) is 25.6. The fourth-order valence-corrected chi connectivity index (χ4v) is 4.43. The van der Waals surface area contributed by atoms with Crippen LogP contribution in [0.25, 0.3) is 0 Å². The fourth-order valence-electron chi connectivity index (χ4n) is 4.43. The number of ketones is 1. The summed E-state index contributed by atoms with van der Waals surface area (Å²) in [6, 6.07) is 10.6. The Morgan fingerprint density at radius 2 is 1.86 bits per heavy atom. The van der Waals surface area contributed by atoms with Crippen LogP contribution in [0.5, 0.6) is 5.75 Å². The van der Waals surface area contributed by atoms with Crippen LogP contribution in [-0.2, 0) is 20.7 Å². The van der Waals surface area contributed by atoms with Gasteiger partial charge in [0.05, 0.1) is 24.4 Å². The minimum Gasteiger partial charge on any atom is -0.497 e. The number of hydrogen-bond acceptors (Lipinski definition) is 7. The Bertz CT molecular complexity index is 1030. The molecule has 0 aliphatic heterocycles. The topological polar surface area (TPSA) is 107 Å². The molecule has 1 aliphatic carbocycles. The highest BCUT2D eigenvalue weighted by Gasteiger charge is 2.33. The Morgan fingerprint density at radius 1 is 1.14 bits per heavy atom. The molecule has 1 amide bonds. The number of aromatic nitrogens is 1. The molecule has 2 aromatic rings. The van der Waals surface area contributed by atoms with Crippen molar-refractivity contribution < 1.29 is 28.9 Å². The largest absolute Gasteiger partial charge is 0.497 e. The molecule has 1 saturated carbocycles. The van der Waals surface area contributed by atoms with Crippen molar-refractivity contribution in [1.29, 1.82) is 0 Å². The van der Waals surface area contributed by atoms with Crippen LogP contribution in [0.3, 0.4) is 0 Å². The minimum atomic E-state index is -1.15. The molecule has 8 nitrogen and oxygen atoms in total. The highest BCUT2D eigenvalue weighted by molar-refractivity contribution is 5.93. The number of Topliss-reactive ketones (excluding diaryl/α,β-unsaturated/α-hetero) is 1. The van der Waals surface area contributed by atoms with Crippen molar-refractivity contribution in [2.24, 2.45) is 5.92 Å². The van der Waals surface area contributed by atoms with E-state index < -0.39 is 23.9 Å². The number of aliphatic hydroxyl groups excluding tert-OH is 1. The normalized spacial score (nSPS) is 15.9. The number of pyridine rings is 1. The summed E-state index contributed by atoms with van der Waals surface area (Å²) >= 11 is 0. The third-order valence-electron chi connectivity index (χ3n) is 6.09. The van der Waals surface area contributed by atoms with E-state index in [9.17, 15) is 14.7 Å². The molecule has 2 atom stereocenters. The summed E-state index contributed by atoms with van der Waals surface area (Å²) in [6.45, 7) is 5.37. The molecule has 2 N–H and O–H groups in total. The van der Waals surface area contributed by atoms with Crippen LogP contribution >= 0.6 is 0 Å². The van der Waals surface area contributed by atoms with Gasteiger partial charge in [0.2, 0.25) is 0 Å². The maximum Gasteiger partial charge on any atom is 0.412 e. The summed E-state index contributed by atoms with van der Waals surface area (Å²) in [4.78, 5) is 30.9. The van der Waals surface area contributed by atoms with Crippen molar-refractivity contribution in [3.63, 3.8) is 0 Å². The van der Waals surface area contributed by atoms with Gasteiger partial charge in [-0.1, -0.05) is 25.0 Å². The Labute approximate surface area is 207 Å². The zero-order valence-electron chi connectivity index (χ0n) is 21.2. The molecule has 0 spiro atoms. The molecule has 1 aliphatic rings. The number of nitrogens with one attached hydrogen (secondary N) is 1. The monoisotopic (exact) mass is 484 g/mol. The highest BCUT2D eigenvalue weighted by atomic mass is 16.6. The molecule has 1 fully saturated rings. The Morgan fingerprint density at radius 3 is 2.49 bits per heavy atom. The lowest BCUT2D eigenvalue weighted by atomic mass is 9.82. The third kappa shape index (κ3) is 7.26. The van der Waals surface area contributed by atoms with Crippen molar-refractivity contribution >= 4 is 17.6 Å². The lowest BCUT2D eigenvalue weighted by Crippen LogP contribution is -2.28. The number of rotatable bonds is 9. The number of aliphatic hydroxyl groups is 1. The number of carbonyl (C=O) groups is 2. The maximum atomic E-state index is 13.8. The third-order valence-corrected chi connectivity index (χ3v) is 6.09. The van der Waals surface area contributed by atoms with E-state index in [-0.39, 0.29) is 11.7 Å². The molecular weight excluding hydrogens is 448 g/mol. The number of ether oxygens (including phenoxy) is 3. The van der Waals surface area contributed by atoms with Gasteiger partial charge in [-0.3, -0.25) is 15.1 Å². The number of carbonyl (C=O) groups excluding carboxylic acids is 2. The average molecular weight is 485 g/mol. The summed E-state index contributed by atoms with van der Waals surface area (Å²) in [7, 11) is 2.95. The second-order valence-corrected chi connectivity index (χ2v) is 9.86. The highest BCUT2D eigenvalue weighted by Crippen LogP contribution is 2.37. The molecule has 8 heteroatoms. The van der Waals surface area contributed by atoms with Gasteiger partial charge in [0.1, 0.15) is 17.1 Å². The Hall–Kier alpha value is -2.97.